The van der Waals surface area contributed by atoms with Gasteiger partial charge < -0.3 is 10.9 Å². The van der Waals surface area contributed by atoms with Crippen LogP contribution in [-0.2, 0) is 14.3 Å². The summed E-state index contributed by atoms with van der Waals surface area (Å²) in [6, 6.07) is 0. The Balaban J connectivity index is 0. The molecule has 4 heteroatoms. The number of ether oxygens (including phenoxy) is 1. The van der Waals surface area contributed by atoms with Gasteiger partial charge in [-0.15, -0.1) is 0 Å². The molecule has 0 spiro atoms. The average Bonchev–Trinajstić information content (AvgIpc) is 2.21. The molecular formula is C11H23NO3. The van der Waals surface area contributed by atoms with E-state index in [-0.39, 0.29) is 18.5 Å². The second-order valence-corrected chi connectivity index (χ2v) is 3.39. The number of rotatable bonds is 6. The molecule has 0 saturated heterocycles. The topological polar surface area (TPSA) is 78.4 Å². The van der Waals surface area contributed by atoms with Crippen molar-refractivity contribution in [3.63, 3.8) is 0 Å². The summed E-state index contributed by atoms with van der Waals surface area (Å²) in [7, 11) is 0. The normalized spacial score (nSPS) is 10.4. The second-order valence-electron chi connectivity index (χ2n) is 3.39. The van der Waals surface area contributed by atoms with Crippen molar-refractivity contribution >= 4 is 11.8 Å². The van der Waals surface area contributed by atoms with Crippen LogP contribution in [0.15, 0.2) is 0 Å². The van der Waals surface area contributed by atoms with Crippen LogP contribution in [0, 0.1) is 5.41 Å². The molecule has 0 saturated carbocycles. The van der Waals surface area contributed by atoms with Crippen molar-refractivity contribution in [1.82, 2.24) is 6.15 Å². The van der Waals surface area contributed by atoms with Gasteiger partial charge in [-0.25, -0.2) is 4.79 Å². The van der Waals surface area contributed by atoms with Crippen molar-refractivity contribution < 1.29 is 14.3 Å². The van der Waals surface area contributed by atoms with Crippen molar-refractivity contribution in [3.8, 4) is 0 Å². The minimum Gasteiger partial charge on any atom is -0.460 e. The Bertz CT molecular complexity index is 202. The first-order chi connectivity index (χ1) is 6.57. The lowest BCUT2D eigenvalue weighted by atomic mass is 9.76. The third kappa shape index (κ3) is 3.63. The van der Waals surface area contributed by atoms with Gasteiger partial charge in [0.05, 0.1) is 6.61 Å². The van der Waals surface area contributed by atoms with Gasteiger partial charge in [0.2, 0.25) is 5.78 Å². The summed E-state index contributed by atoms with van der Waals surface area (Å²) < 4.78 is 4.73. The van der Waals surface area contributed by atoms with Crippen LogP contribution in [0.25, 0.3) is 0 Å². The summed E-state index contributed by atoms with van der Waals surface area (Å²) in [5.41, 5.74) is -0.508. The smallest absolute Gasteiger partial charge is 0.375 e. The molecule has 4 nitrogen and oxygen atoms in total. The summed E-state index contributed by atoms with van der Waals surface area (Å²) >= 11 is 0. The number of carbonyl (C=O) groups is 2. The maximum absolute atomic E-state index is 11.8. The van der Waals surface area contributed by atoms with Gasteiger partial charge in [0, 0.05) is 5.41 Å². The molecule has 0 fully saturated rings. The molecule has 0 heterocycles. The maximum atomic E-state index is 11.8. The summed E-state index contributed by atoms with van der Waals surface area (Å²) in [6.07, 6.45) is 2.08. The zero-order valence-corrected chi connectivity index (χ0v) is 10.3. The molecule has 0 atom stereocenters. The fourth-order valence-corrected chi connectivity index (χ4v) is 1.64. The second kappa shape index (κ2) is 7.40. The van der Waals surface area contributed by atoms with E-state index in [1.165, 1.54) is 0 Å². The summed E-state index contributed by atoms with van der Waals surface area (Å²) in [5.74, 6) is -1.05. The highest BCUT2D eigenvalue weighted by atomic mass is 16.5. The molecule has 0 aliphatic carbocycles. The molecule has 0 aromatic carbocycles. The Hall–Kier alpha value is -0.900. The van der Waals surface area contributed by atoms with Gasteiger partial charge in [0.15, 0.2) is 0 Å². The monoisotopic (exact) mass is 217 g/mol. The quantitative estimate of drug-likeness (QED) is 0.547. The maximum Gasteiger partial charge on any atom is 0.375 e. The van der Waals surface area contributed by atoms with Gasteiger partial charge in [0.25, 0.3) is 0 Å². The first-order valence-corrected chi connectivity index (χ1v) is 5.29. The lowest BCUT2D eigenvalue weighted by molar-refractivity contribution is -0.158. The Labute approximate surface area is 92.0 Å². The zero-order valence-electron chi connectivity index (χ0n) is 10.3. The van der Waals surface area contributed by atoms with Crippen molar-refractivity contribution in [3.05, 3.63) is 0 Å². The van der Waals surface area contributed by atoms with Gasteiger partial charge in [-0.05, 0) is 26.2 Å². The van der Waals surface area contributed by atoms with Crippen molar-refractivity contribution in [2.45, 2.75) is 47.0 Å². The van der Waals surface area contributed by atoms with E-state index in [2.05, 4.69) is 0 Å². The number of ketones is 1. The SMILES string of the molecule is CCOC(=O)C(=O)C(CC)(CC)CC.N. The van der Waals surface area contributed by atoms with Gasteiger partial charge in [0.1, 0.15) is 0 Å². The highest BCUT2D eigenvalue weighted by Gasteiger charge is 2.38. The molecule has 15 heavy (non-hydrogen) atoms. The number of hydrogen-bond acceptors (Lipinski definition) is 4. The van der Waals surface area contributed by atoms with Crippen LogP contribution in [0.2, 0.25) is 0 Å². The largest absolute Gasteiger partial charge is 0.460 e. The van der Waals surface area contributed by atoms with Crippen LogP contribution < -0.4 is 6.15 Å². The van der Waals surface area contributed by atoms with Crippen LogP contribution in [-0.4, -0.2) is 18.4 Å². The van der Waals surface area contributed by atoms with Gasteiger partial charge in [-0.1, -0.05) is 20.8 Å². The fraction of sp³-hybridized carbons (Fsp3) is 0.818. The highest BCUT2D eigenvalue weighted by Crippen LogP contribution is 2.31. The van der Waals surface area contributed by atoms with Gasteiger partial charge in [-0.3, -0.25) is 4.79 Å². The molecule has 90 valence electrons. The van der Waals surface area contributed by atoms with E-state index in [1.54, 1.807) is 6.92 Å². The van der Waals surface area contributed by atoms with Crippen LogP contribution in [0.1, 0.15) is 47.0 Å². The van der Waals surface area contributed by atoms with E-state index in [1.807, 2.05) is 20.8 Å². The van der Waals surface area contributed by atoms with Crippen molar-refractivity contribution in [1.29, 1.82) is 0 Å². The molecular weight excluding hydrogens is 194 g/mol. The molecule has 0 aromatic rings. The molecule has 0 unspecified atom stereocenters. The number of hydrogen-bond donors (Lipinski definition) is 1. The van der Waals surface area contributed by atoms with E-state index >= 15 is 0 Å². The Morgan fingerprint density at radius 2 is 1.40 bits per heavy atom. The summed E-state index contributed by atoms with van der Waals surface area (Å²) in [5, 5.41) is 0. The van der Waals surface area contributed by atoms with E-state index < -0.39 is 11.4 Å². The summed E-state index contributed by atoms with van der Waals surface area (Å²) in [6.45, 7) is 7.77. The van der Waals surface area contributed by atoms with E-state index in [0.29, 0.717) is 19.3 Å². The third-order valence-electron chi connectivity index (χ3n) is 2.97. The zero-order chi connectivity index (χ0) is 11.2. The minimum atomic E-state index is -0.682. The van der Waals surface area contributed by atoms with Crippen molar-refractivity contribution in [2.24, 2.45) is 5.41 Å². The third-order valence-corrected chi connectivity index (χ3v) is 2.97. The molecule has 0 aromatic heterocycles. The van der Waals surface area contributed by atoms with Crippen LogP contribution in [0.4, 0.5) is 0 Å². The first-order valence-electron chi connectivity index (χ1n) is 5.29. The van der Waals surface area contributed by atoms with Crippen LogP contribution >= 0.6 is 0 Å². The predicted octanol–water partition coefficient (Wildman–Crippen LogP) is 2.50. The van der Waals surface area contributed by atoms with E-state index in [9.17, 15) is 9.59 Å². The Morgan fingerprint density at radius 3 is 1.67 bits per heavy atom. The molecule has 3 N–H and O–H groups in total. The van der Waals surface area contributed by atoms with E-state index in [0.717, 1.165) is 0 Å². The molecule has 0 radical (unpaired) electrons. The minimum absolute atomic E-state index is 0. The Kier molecular flexibility index (Phi) is 8.15. The number of Topliss-reactive ketones (excluding diaryl/α,β-unsaturated/α-hetero) is 1. The van der Waals surface area contributed by atoms with E-state index in [4.69, 9.17) is 4.74 Å². The van der Waals surface area contributed by atoms with Crippen LogP contribution in [0.5, 0.6) is 0 Å². The van der Waals surface area contributed by atoms with Crippen molar-refractivity contribution in [2.75, 3.05) is 6.61 Å². The lowest BCUT2D eigenvalue weighted by Gasteiger charge is -2.26. The molecule has 0 amide bonds. The summed E-state index contributed by atoms with van der Waals surface area (Å²) in [4.78, 5) is 23.1. The van der Waals surface area contributed by atoms with Gasteiger partial charge >= 0.3 is 5.97 Å². The van der Waals surface area contributed by atoms with Crippen LogP contribution in [0.3, 0.4) is 0 Å². The lowest BCUT2D eigenvalue weighted by Crippen LogP contribution is -2.36. The standard InChI is InChI=1S/C11H20O3.H3N/c1-5-11(6-2,7-3)9(12)10(13)14-8-4;/h5-8H2,1-4H3;1H3. The predicted molar refractivity (Wildman–Crippen MR) is 60.0 cm³/mol. The molecule has 0 aliphatic rings. The number of esters is 1. The average molecular weight is 217 g/mol. The fourth-order valence-electron chi connectivity index (χ4n) is 1.64. The number of carbonyl (C=O) groups excluding carboxylic acids is 2. The molecule has 0 bridgehead atoms. The first kappa shape index (κ1) is 16.5. The van der Waals surface area contributed by atoms with Gasteiger partial charge in [-0.2, -0.15) is 0 Å². The molecule has 0 aliphatic heterocycles. The molecule has 0 rings (SSSR count). The highest BCUT2D eigenvalue weighted by molar-refractivity contribution is 6.35. The Morgan fingerprint density at radius 1 is 1.00 bits per heavy atom.